The molecular formula is C19H18N2O4. The van der Waals surface area contributed by atoms with E-state index in [0.29, 0.717) is 23.8 Å². The number of furan rings is 1. The van der Waals surface area contributed by atoms with Gasteiger partial charge in [0.25, 0.3) is 0 Å². The van der Waals surface area contributed by atoms with Gasteiger partial charge in [-0.3, -0.25) is 4.79 Å². The highest BCUT2D eigenvalue weighted by atomic mass is 16.5. The second-order valence-electron chi connectivity index (χ2n) is 6.17. The maximum atomic E-state index is 12.7. The number of hydrogen-bond donors (Lipinski definition) is 1. The molecule has 25 heavy (non-hydrogen) atoms. The number of amides is 1. The second kappa shape index (κ2) is 6.12. The zero-order valence-electron chi connectivity index (χ0n) is 13.8. The fourth-order valence-corrected chi connectivity index (χ4v) is 2.86. The van der Waals surface area contributed by atoms with Gasteiger partial charge < -0.3 is 19.0 Å². The summed E-state index contributed by atoms with van der Waals surface area (Å²) in [6, 6.07) is 13.0. The Morgan fingerprint density at radius 3 is 2.68 bits per heavy atom. The van der Waals surface area contributed by atoms with Gasteiger partial charge in [-0.05, 0) is 42.7 Å². The molecule has 0 aliphatic heterocycles. The normalized spacial score (nSPS) is 14.9. The van der Waals surface area contributed by atoms with E-state index in [-0.39, 0.29) is 5.91 Å². The molecule has 1 aromatic carbocycles. The Hall–Kier alpha value is -3.02. The first-order chi connectivity index (χ1) is 12.2. The molecule has 0 radical (unpaired) electrons. The lowest BCUT2D eigenvalue weighted by Gasteiger charge is -2.12. The Kier molecular flexibility index (Phi) is 3.80. The lowest BCUT2D eigenvalue weighted by Crippen LogP contribution is -2.34. The minimum atomic E-state index is -0.583. The van der Waals surface area contributed by atoms with Crippen LogP contribution in [-0.4, -0.2) is 18.2 Å². The van der Waals surface area contributed by atoms with E-state index in [1.165, 1.54) is 0 Å². The van der Waals surface area contributed by atoms with Crippen LogP contribution in [0.25, 0.3) is 11.5 Å². The molecule has 6 heteroatoms. The van der Waals surface area contributed by atoms with Crippen molar-refractivity contribution in [3.05, 3.63) is 60.0 Å². The average Bonchev–Trinajstić information content (AvgIpc) is 3.07. The molecule has 0 spiro atoms. The monoisotopic (exact) mass is 338 g/mol. The summed E-state index contributed by atoms with van der Waals surface area (Å²) in [5, 5.41) is 7.09. The zero-order valence-corrected chi connectivity index (χ0v) is 13.8. The molecule has 0 atom stereocenters. The van der Waals surface area contributed by atoms with Gasteiger partial charge in [0, 0.05) is 12.6 Å². The van der Waals surface area contributed by atoms with E-state index in [2.05, 4.69) is 10.5 Å². The van der Waals surface area contributed by atoms with E-state index in [1.807, 2.05) is 24.3 Å². The van der Waals surface area contributed by atoms with Gasteiger partial charge in [0.2, 0.25) is 11.7 Å². The lowest BCUT2D eigenvalue weighted by molar-refractivity contribution is -0.123. The Balaban J connectivity index is 1.44. The van der Waals surface area contributed by atoms with E-state index in [0.717, 1.165) is 24.2 Å². The quantitative estimate of drug-likeness (QED) is 0.746. The van der Waals surface area contributed by atoms with Crippen LogP contribution >= 0.6 is 0 Å². The molecule has 4 rings (SSSR count). The van der Waals surface area contributed by atoms with Crippen LogP contribution in [-0.2, 0) is 16.8 Å². The second-order valence-corrected chi connectivity index (χ2v) is 6.17. The van der Waals surface area contributed by atoms with Gasteiger partial charge in [-0.15, -0.1) is 0 Å². The summed E-state index contributed by atoms with van der Waals surface area (Å²) in [6.07, 6.45) is 3.11. The number of carbonyl (C=O) groups is 1. The average molecular weight is 338 g/mol. The van der Waals surface area contributed by atoms with Crippen LogP contribution in [0.4, 0.5) is 0 Å². The highest BCUT2D eigenvalue weighted by Crippen LogP contribution is 2.48. The number of methoxy groups -OCH3 is 1. The molecule has 1 N–H and O–H groups in total. The van der Waals surface area contributed by atoms with Crippen LogP contribution in [0.3, 0.4) is 0 Å². The van der Waals surface area contributed by atoms with Crippen molar-refractivity contribution in [3.63, 3.8) is 0 Å². The predicted octanol–water partition coefficient (Wildman–Crippen LogP) is 3.29. The van der Waals surface area contributed by atoms with Crippen LogP contribution in [0, 0.1) is 0 Å². The van der Waals surface area contributed by atoms with Crippen molar-refractivity contribution in [2.75, 3.05) is 7.11 Å². The van der Waals surface area contributed by atoms with Crippen LogP contribution in [0.1, 0.15) is 24.1 Å². The fourth-order valence-electron chi connectivity index (χ4n) is 2.86. The van der Waals surface area contributed by atoms with Gasteiger partial charge in [0.15, 0.2) is 5.76 Å². The van der Waals surface area contributed by atoms with Crippen molar-refractivity contribution in [3.8, 4) is 17.3 Å². The van der Waals surface area contributed by atoms with Crippen molar-refractivity contribution in [2.45, 2.75) is 24.8 Å². The van der Waals surface area contributed by atoms with Crippen molar-refractivity contribution < 1.29 is 18.5 Å². The first-order valence-corrected chi connectivity index (χ1v) is 8.13. The molecule has 0 unspecified atom stereocenters. The third-order valence-corrected chi connectivity index (χ3v) is 4.56. The van der Waals surface area contributed by atoms with Gasteiger partial charge in [-0.1, -0.05) is 17.3 Å². The summed E-state index contributed by atoms with van der Waals surface area (Å²) in [4.78, 5) is 12.7. The number of carbonyl (C=O) groups excluding carboxylic acids is 1. The number of aromatic nitrogens is 1. The predicted molar refractivity (Wildman–Crippen MR) is 90.0 cm³/mol. The summed E-state index contributed by atoms with van der Waals surface area (Å²) in [7, 11) is 1.63. The standard InChI is InChI=1S/C19H18N2O4/c1-23-14-6-4-13(5-7-14)12-20-18(22)19(8-9-19)17-11-16(25-21-17)15-3-2-10-24-15/h2-7,10-11H,8-9,12H2,1H3,(H,20,22). The minimum Gasteiger partial charge on any atom is -0.497 e. The molecular weight excluding hydrogens is 320 g/mol. The van der Waals surface area contributed by atoms with E-state index >= 15 is 0 Å². The number of nitrogens with one attached hydrogen (secondary N) is 1. The maximum absolute atomic E-state index is 12.7. The number of nitrogens with zero attached hydrogens (tertiary/aromatic N) is 1. The Morgan fingerprint density at radius 2 is 2.04 bits per heavy atom. The molecule has 6 nitrogen and oxygen atoms in total. The van der Waals surface area contributed by atoms with Crippen LogP contribution < -0.4 is 10.1 Å². The van der Waals surface area contributed by atoms with E-state index in [4.69, 9.17) is 13.7 Å². The van der Waals surface area contributed by atoms with Crippen molar-refractivity contribution in [1.82, 2.24) is 10.5 Å². The number of hydrogen-bond acceptors (Lipinski definition) is 5. The van der Waals surface area contributed by atoms with Crippen molar-refractivity contribution in [1.29, 1.82) is 0 Å². The molecule has 2 heterocycles. The third kappa shape index (κ3) is 2.91. The molecule has 1 saturated carbocycles. The summed E-state index contributed by atoms with van der Waals surface area (Å²) >= 11 is 0. The third-order valence-electron chi connectivity index (χ3n) is 4.56. The molecule has 3 aromatic rings. The van der Waals surface area contributed by atoms with Gasteiger partial charge in [-0.2, -0.15) is 0 Å². The number of rotatable bonds is 6. The first kappa shape index (κ1) is 15.5. The first-order valence-electron chi connectivity index (χ1n) is 8.13. The molecule has 128 valence electrons. The highest BCUT2D eigenvalue weighted by Gasteiger charge is 2.53. The largest absolute Gasteiger partial charge is 0.497 e. The van der Waals surface area contributed by atoms with Crippen LogP contribution in [0.5, 0.6) is 5.75 Å². The molecule has 1 amide bonds. The molecule has 0 bridgehead atoms. The molecule has 1 aliphatic carbocycles. The summed E-state index contributed by atoms with van der Waals surface area (Å²) < 4.78 is 15.8. The zero-order chi connectivity index (χ0) is 17.3. The van der Waals surface area contributed by atoms with Gasteiger partial charge >= 0.3 is 0 Å². The van der Waals surface area contributed by atoms with E-state index in [9.17, 15) is 4.79 Å². The minimum absolute atomic E-state index is 0.0254. The SMILES string of the molecule is COc1ccc(CNC(=O)C2(c3cc(-c4ccco4)on3)CC2)cc1. The number of benzene rings is 1. The maximum Gasteiger partial charge on any atom is 0.232 e. The summed E-state index contributed by atoms with van der Waals surface area (Å²) in [5.74, 6) is 1.91. The molecule has 2 aromatic heterocycles. The van der Waals surface area contributed by atoms with Gasteiger partial charge in [0.1, 0.15) is 5.75 Å². The molecule has 0 saturated heterocycles. The van der Waals surface area contributed by atoms with Crippen molar-refractivity contribution in [2.24, 2.45) is 0 Å². The van der Waals surface area contributed by atoms with E-state index in [1.54, 1.807) is 31.6 Å². The number of ether oxygens (including phenoxy) is 1. The Labute approximate surface area is 144 Å². The molecule has 1 fully saturated rings. The smallest absolute Gasteiger partial charge is 0.232 e. The van der Waals surface area contributed by atoms with Crippen LogP contribution in [0.2, 0.25) is 0 Å². The Morgan fingerprint density at radius 1 is 1.24 bits per heavy atom. The lowest BCUT2D eigenvalue weighted by atomic mass is 10.0. The Bertz CT molecular complexity index is 861. The highest BCUT2D eigenvalue weighted by molar-refractivity contribution is 5.90. The summed E-state index contributed by atoms with van der Waals surface area (Å²) in [5.41, 5.74) is 1.09. The van der Waals surface area contributed by atoms with E-state index < -0.39 is 5.41 Å². The van der Waals surface area contributed by atoms with Crippen LogP contribution in [0.15, 0.2) is 57.7 Å². The van der Waals surface area contributed by atoms with Gasteiger partial charge in [0.05, 0.1) is 24.5 Å². The van der Waals surface area contributed by atoms with Gasteiger partial charge in [-0.25, -0.2) is 0 Å². The fraction of sp³-hybridized carbons (Fsp3) is 0.263. The molecule has 1 aliphatic rings. The van der Waals surface area contributed by atoms with Crippen molar-refractivity contribution >= 4 is 5.91 Å². The summed E-state index contributed by atoms with van der Waals surface area (Å²) in [6.45, 7) is 0.466. The topological polar surface area (TPSA) is 77.5 Å².